The van der Waals surface area contributed by atoms with E-state index in [1.54, 1.807) is 13.4 Å². The highest BCUT2D eigenvalue weighted by atomic mass is 32.2. The number of nitrogens with one attached hydrogen (secondary N) is 1. The van der Waals surface area contributed by atoms with Crippen LogP contribution in [-0.2, 0) is 10.2 Å². The van der Waals surface area contributed by atoms with Gasteiger partial charge >= 0.3 is 0 Å². The number of piperidine rings is 1. The molecule has 1 aromatic carbocycles. The molecule has 3 rings (SSSR count). The number of ether oxygens (including phenoxy) is 1. The van der Waals surface area contributed by atoms with Crippen molar-refractivity contribution in [2.45, 2.75) is 19.3 Å². The van der Waals surface area contributed by atoms with Crippen molar-refractivity contribution in [1.82, 2.24) is 14.7 Å². The second-order valence-corrected chi connectivity index (χ2v) is 8.03. The molecular formula is C18H25N5O3S. The van der Waals surface area contributed by atoms with Gasteiger partial charge in [0, 0.05) is 31.3 Å². The van der Waals surface area contributed by atoms with Gasteiger partial charge in [0.25, 0.3) is 10.2 Å². The molecule has 2 aromatic rings. The third-order valence-electron chi connectivity index (χ3n) is 4.83. The number of methoxy groups -OCH3 is 1. The van der Waals surface area contributed by atoms with Gasteiger partial charge < -0.3 is 9.64 Å². The standard InChI is InChI=1S/C18H25N5O3S/c1-26-16-4-2-15(3-5-16)17-12-18(21-13-20-17)23-10-7-14(8-11-23)6-9-22-27(19,24)25/h2-5,12-14,22H,6-11H2,1H3,(H2,19,24,25). The lowest BCUT2D eigenvalue weighted by Crippen LogP contribution is -2.36. The molecule has 9 heteroatoms. The summed E-state index contributed by atoms with van der Waals surface area (Å²) in [4.78, 5) is 11.1. The van der Waals surface area contributed by atoms with Crippen LogP contribution < -0.4 is 19.5 Å². The predicted molar refractivity (Wildman–Crippen MR) is 105 cm³/mol. The Morgan fingerprint density at radius 2 is 1.93 bits per heavy atom. The van der Waals surface area contributed by atoms with Gasteiger partial charge in [-0.05, 0) is 49.4 Å². The molecule has 1 aromatic heterocycles. The van der Waals surface area contributed by atoms with Crippen LogP contribution in [0.1, 0.15) is 19.3 Å². The lowest BCUT2D eigenvalue weighted by Gasteiger charge is -2.32. The molecule has 0 amide bonds. The summed E-state index contributed by atoms with van der Waals surface area (Å²) in [6, 6.07) is 9.80. The van der Waals surface area contributed by atoms with E-state index in [0.717, 1.165) is 55.2 Å². The van der Waals surface area contributed by atoms with E-state index in [1.807, 2.05) is 30.3 Å². The topological polar surface area (TPSA) is 110 Å². The van der Waals surface area contributed by atoms with Gasteiger partial charge in [0.15, 0.2) is 0 Å². The number of hydrogen-bond donors (Lipinski definition) is 2. The maximum Gasteiger partial charge on any atom is 0.274 e. The van der Waals surface area contributed by atoms with Crippen LogP contribution in [0.15, 0.2) is 36.7 Å². The van der Waals surface area contributed by atoms with Crippen molar-refractivity contribution in [2.24, 2.45) is 11.1 Å². The smallest absolute Gasteiger partial charge is 0.274 e. The minimum Gasteiger partial charge on any atom is -0.497 e. The van der Waals surface area contributed by atoms with Crippen molar-refractivity contribution >= 4 is 16.0 Å². The van der Waals surface area contributed by atoms with Crippen LogP contribution in [0.25, 0.3) is 11.3 Å². The van der Waals surface area contributed by atoms with Gasteiger partial charge in [0.05, 0.1) is 12.8 Å². The van der Waals surface area contributed by atoms with E-state index in [4.69, 9.17) is 9.88 Å². The van der Waals surface area contributed by atoms with Gasteiger partial charge in [-0.15, -0.1) is 0 Å². The Balaban J connectivity index is 1.58. The van der Waals surface area contributed by atoms with Crippen molar-refractivity contribution < 1.29 is 13.2 Å². The summed E-state index contributed by atoms with van der Waals surface area (Å²) in [6.45, 7) is 2.16. The van der Waals surface area contributed by atoms with Crippen molar-refractivity contribution in [1.29, 1.82) is 0 Å². The van der Waals surface area contributed by atoms with E-state index in [0.29, 0.717) is 12.5 Å². The van der Waals surface area contributed by atoms with Crippen molar-refractivity contribution in [3.05, 3.63) is 36.7 Å². The molecule has 1 saturated heterocycles. The Morgan fingerprint density at radius 1 is 1.22 bits per heavy atom. The number of anilines is 1. The molecule has 0 bridgehead atoms. The summed E-state index contributed by atoms with van der Waals surface area (Å²) in [7, 11) is -1.95. The molecule has 2 heterocycles. The monoisotopic (exact) mass is 391 g/mol. The fraction of sp³-hybridized carbons (Fsp3) is 0.444. The first kappa shape index (κ1) is 19.5. The summed E-state index contributed by atoms with van der Waals surface area (Å²) in [5.41, 5.74) is 1.89. The molecule has 0 atom stereocenters. The second-order valence-electron chi connectivity index (χ2n) is 6.65. The zero-order valence-corrected chi connectivity index (χ0v) is 16.2. The normalized spacial score (nSPS) is 15.7. The fourth-order valence-corrected chi connectivity index (χ4v) is 3.70. The number of hydrogen-bond acceptors (Lipinski definition) is 6. The van der Waals surface area contributed by atoms with Gasteiger partial charge in [0.2, 0.25) is 0 Å². The Labute approximate surface area is 160 Å². The Bertz CT molecular complexity index is 850. The Hall–Kier alpha value is -2.23. The third-order valence-corrected chi connectivity index (χ3v) is 5.44. The highest BCUT2D eigenvalue weighted by Crippen LogP contribution is 2.27. The van der Waals surface area contributed by atoms with Crippen molar-refractivity contribution in [3.63, 3.8) is 0 Å². The van der Waals surface area contributed by atoms with Crippen LogP contribution in [0.4, 0.5) is 5.82 Å². The largest absolute Gasteiger partial charge is 0.497 e. The van der Waals surface area contributed by atoms with Crippen LogP contribution in [0, 0.1) is 5.92 Å². The van der Waals surface area contributed by atoms with Gasteiger partial charge in [-0.2, -0.15) is 8.42 Å². The molecule has 146 valence electrons. The molecule has 0 radical (unpaired) electrons. The zero-order valence-electron chi connectivity index (χ0n) is 15.3. The average Bonchev–Trinajstić information content (AvgIpc) is 2.68. The average molecular weight is 391 g/mol. The van der Waals surface area contributed by atoms with E-state index in [2.05, 4.69) is 19.6 Å². The van der Waals surface area contributed by atoms with Crippen LogP contribution in [0.5, 0.6) is 5.75 Å². The minimum absolute atomic E-state index is 0.388. The van der Waals surface area contributed by atoms with Crippen LogP contribution in [0.2, 0.25) is 0 Å². The zero-order chi connectivity index (χ0) is 19.3. The fourth-order valence-electron chi connectivity index (χ4n) is 3.30. The van der Waals surface area contributed by atoms with E-state index < -0.39 is 10.2 Å². The van der Waals surface area contributed by atoms with Gasteiger partial charge in [-0.1, -0.05) is 0 Å². The second kappa shape index (κ2) is 8.64. The SMILES string of the molecule is COc1ccc(-c2cc(N3CCC(CCNS(N)(=O)=O)CC3)ncn2)cc1. The van der Waals surface area contributed by atoms with Gasteiger partial charge in [-0.3, -0.25) is 0 Å². The van der Waals surface area contributed by atoms with E-state index in [9.17, 15) is 8.42 Å². The molecule has 1 aliphatic heterocycles. The molecule has 0 saturated carbocycles. The first-order valence-corrected chi connectivity index (χ1v) is 10.5. The summed E-state index contributed by atoms with van der Waals surface area (Å²) >= 11 is 0. The Morgan fingerprint density at radius 3 is 2.56 bits per heavy atom. The van der Waals surface area contributed by atoms with Crippen molar-refractivity contribution in [3.8, 4) is 17.0 Å². The van der Waals surface area contributed by atoms with E-state index >= 15 is 0 Å². The summed E-state index contributed by atoms with van der Waals surface area (Å²) in [5, 5.41) is 4.96. The molecule has 1 fully saturated rings. The summed E-state index contributed by atoms with van der Waals surface area (Å²) in [5.74, 6) is 2.21. The highest BCUT2D eigenvalue weighted by Gasteiger charge is 2.20. The van der Waals surface area contributed by atoms with Crippen LogP contribution in [0.3, 0.4) is 0 Å². The maximum absolute atomic E-state index is 10.9. The molecule has 27 heavy (non-hydrogen) atoms. The lowest BCUT2D eigenvalue weighted by molar-refractivity contribution is 0.380. The Kier molecular flexibility index (Phi) is 6.25. The number of benzene rings is 1. The number of aromatic nitrogens is 2. The third kappa shape index (κ3) is 5.62. The molecule has 8 nitrogen and oxygen atoms in total. The van der Waals surface area contributed by atoms with Gasteiger partial charge in [-0.25, -0.2) is 19.8 Å². The molecular weight excluding hydrogens is 366 g/mol. The first-order valence-electron chi connectivity index (χ1n) is 8.93. The molecule has 3 N–H and O–H groups in total. The predicted octanol–water partition coefficient (Wildman–Crippen LogP) is 1.55. The maximum atomic E-state index is 10.9. The first-order chi connectivity index (χ1) is 12.9. The number of nitrogens with zero attached hydrogens (tertiary/aromatic N) is 3. The van der Waals surface area contributed by atoms with E-state index in [1.165, 1.54) is 0 Å². The van der Waals surface area contributed by atoms with Crippen LogP contribution >= 0.6 is 0 Å². The molecule has 0 unspecified atom stereocenters. The molecule has 0 aliphatic carbocycles. The molecule has 0 spiro atoms. The summed E-state index contributed by atoms with van der Waals surface area (Å²) in [6.07, 6.45) is 4.38. The highest BCUT2D eigenvalue weighted by molar-refractivity contribution is 7.87. The number of rotatable bonds is 7. The number of nitrogens with two attached hydrogens (primary N) is 1. The van der Waals surface area contributed by atoms with E-state index in [-0.39, 0.29) is 0 Å². The van der Waals surface area contributed by atoms with Gasteiger partial charge in [0.1, 0.15) is 17.9 Å². The van der Waals surface area contributed by atoms with Crippen LogP contribution in [-0.4, -0.2) is 45.1 Å². The summed E-state index contributed by atoms with van der Waals surface area (Å²) < 4.78 is 29.4. The minimum atomic E-state index is -3.60. The molecule has 1 aliphatic rings. The van der Waals surface area contributed by atoms with Crippen molar-refractivity contribution in [2.75, 3.05) is 31.6 Å². The lowest BCUT2D eigenvalue weighted by atomic mass is 9.93. The quantitative estimate of drug-likeness (QED) is 0.741.